The molecule has 1 aromatic carbocycles. The van der Waals surface area contributed by atoms with Crippen molar-refractivity contribution < 1.29 is 23.8 Å². The third-order valence-electron chi connectivity index (χ3n) is 2.70. The van der Waals surface area contributed by atoms with Crippen molar-refractivity contribution in [1.82, 2.24) is 10.2 Å². The van der Waals surface area contributed by atoms with E-state index in [0.717, 1.165) is 6.07 Å². The summed E-state index contributed by atoms with van der Waals surface area (Å²) in [5.74, 6) is -1.80. The highest BCUT2D eigenvalue weighted by Gasteiger charge is 2.18. The van der Waals surface area contributed by atoms with Crippen LogP contribution in [0, 0.1) is 5.82 Å². The summed E-state index contributed by atoms with van der Waals surface area (Å²) in [7, 11) is 0. The molecule has 1 amide bonds. The van der Waals surface area contributed by atoms with Crippen molar-refractivity contribution in [1.29, 1.82) is 0 Å². The predicted octanol–water partition coefficient (Wildman–Crippen LogP) is 3.26. The fourth-order valence-corrected chi connectivity index (χ4v) is 1.79. The summed E-state index contributed by atoms with van der Waals surface area (Å²) in [5.41, 5.74) is -0.346. The maximum atomic E-state index is 13.9. The third kappa shape index (κ3) is 4.29. The normalized spacial score (nSPS) is 11.1. The van der Waals surface area contributed by atoms with E-state index in [9.17, 15) is 14.0 Å². The molecule has 0 spiro atoms. The number of carboxylic acid groups (broad SMARTS) is 1. The molecule has 0 atom stereocenters. The highest BCUT2D eigenvalue weighted by molar-refractivity contribution is 5.88. The Morgan fingerprint density at radius 1 is 1.30 bits per heavy atom. The molecule has 8 heteroatoms. The number of aromatic carboxylic acids is 1. The molecule has 0 bridgehead atoms. The second kappa shape index (κ2) is 6.07. The Labute approximate surface area is 131 Å². The van der Waals surface area contributed by atoms with Crippen molar-refractivity contribution in [3.63, 3.8) is 0 Å². The molecule has 0 saturated carbocycles. The van der Waals surface area contributed by atoms with Gasteiger partial charge in [0.2, 0.25) is 0 Å². The molecular formula is C15H16FN3O4. The molecule has 0 radical (unpaired) electrons. The summed E-state index contributed by atoms with van der Waals surface area (Å²) in [6, 6.07) is 5.07. The summed E-state index contributed by atoms with van der Waals surface area (Å²) in [4.78, 5) is 22.6. The van der Waals surface area contributed by atoms with Crippen molar-refractivity contribution in [3.8, 4) is 11.3 Å². The number of hydrogen-bond acceptors (Lipinski definition) is 4. The van der Waals surface area contributed by atoms with Crippen LogP contribution >= 0.6 is 0 Å². The predicted molar refractivity (Wildman–Crippen MR) is 80.8 cm³/mol. The lowest BCUT2D eigenvalue weighted by atomic mass is 10.1. The number of H-pyrrole nitrogens is 1. The number of anilines is 1. The van der Waals surface area contributed by atoms with Crippen LogP contribution in [0.15, 0.2) is 24.3 Å². The minimum Gasteiger partial charge on any atom is -0.477 e. The maximum Gasteiger partial charge on any atom is 0.412 e. The van der Waals surface area contributed by atoms with E-state index in [0.29, 0.717) is 5.69 Å². The maximum absolute atomic E-state index is 13.9. The van der Waals surface area contributed by atoms with Gasteiger partial charge in [0.25, 0.3) is 0 Å². The number of benzene rings is 1. The zero-order valence-electron chi connectivity index (χ0n) is 12.8. The summed E-state index contributed by atoms with van der Waals surface area (Å²) >= 11 is 0. The molecule has 1 aromatic heterocycles. The summed E-state index contributed by atoms with van der Waals surface area (Å²) in [6.07, 6.45) is -0.677. The number of aromatic amines is 1. The number of nitrogens with zero attached hydrogens (tertiary/aromatic N) is 1. The molecule has 0 aliphatic rings. The summed E-state index contributed by atoms with van der Waals surface area (Å²) < 4.78 is 19.0. The molecule has 23 heavy (non-hydrogen) atoms. The first-order valence-corrected chi connectivity index (χ1v) is 6.74. The molecular weight excluding hydrogens is 305 g/mol. The van der Waals surface area contributed by atoms with Gasteiger partial charge in [-0.05, 0) is 45.0 Å². The Bertz CT molecular complexity index is 749. The second-order valence-electron chi connectivity index (χ2n) is 5.79. The lowest BCUT2D eigenvalue weighted by Crippen LogP contribution is -2.27. The molecule has 0 saturated heterocycles. The van der Waals surface area contributed by atoms with Gasteiger partial charge in [-0.1, -0.05) is 0 Å². The molecule has 2 aromatic rings. The van der Waals surface area contributed by atoms with Crippen LogP contribution in [-0.4, -0.2) is 33.0 Å². The summed E-state index contributed by atoms with van der Waals surface area (Å²) in [5, 5.41) is 17.4. The van der Waals surface area contributed by atoms with E-state index in [-0.39, 0.29) is 17.0 Å². The van der Waals surface area contributed by atoms with Gasteiger partial charge >= 0.3 is 12.1 Å². The van der Waals surface area contributed by atoms with Gasteiger partial charge in [-0.3, -0.25) is 10.4 Å². The van der Waals surface area contributed by atoms with E-state index in [1.54, 1.807) is 20.8 Å². The van der Waals surface area contributed by atoms with Crippen molar-refractivity contribution in [3.05, 3.63) is 35.8 Å². The van der Waals surface area contributed by atoms with Gasteiger partial charge in [0.15, 0.2) is 0 Å². The molecule has 0 unspecified atom stereocenters. The molecule has 122 valence electrons. The van der Waals surface area contributed by atoms with E-state index in [4.69, 9.17) is 9.84 Å². The van der Waals surface area contributed by atoms with E-state index >= 15 is 0 Å². The van der Waals surface area contributed by atoms with E-state index in [2.05, 4.69) is 15.5 Å². The van der Waals surface area contributed by atoms with Crippen LogP contribution in [0.3, 0.4) is 0 Å². The molecule has 0 fully saturated rings. The highest BCUT2D eigenvalue weighted by Crippen LogP contribution is 2.25. The number of ether oxygens (including phenoxy) is 1. The van der Waals surface area contributed by atoms with Gasteiger partial charge in [-0.15, -0.1) is 0 Å². The Morgan fingerprint density at radius 3 is 2.57 bits per heavy atom. The van der Waals surface area contributed by atoms with Gasteiger partial charge in [0.05, 0.1) is 5.69 Å². The number of halogens is 1. The smallest absolute Gasteiger partial charge is 0.412 e. The van der Waals surface area contributed by atoms with E-state index in [1.807, 2.05) is 0 Å². The van der Waals surface area contributed by atoms with Crippen LogP contribution in [0.4, 0.5) is 14.9 Å². The van der Waals surface area contributed by atoms with E-state index < -0.39 is 23.5 Å². The minimum absolute atomic E-state index is 0.0577. The number of carbonyl (C=O) groups excluding carboxylic acids is 1. The van der Waals surface area contributed by atoms with Crippen molar-refractivity contribution >= 4 is 17.7 Å². The Kier molecular flexibility index (Phi) is 4.35. The topological polar surface area (TPSA) is 104 Å². The summed E-state index contributed by atoms with van der Waals surface area (Å²) in [6.45, 7) is 5.17. The second-order valence-corrected chi connectivity index (χ2v) is 5.79. The first-order chi connectivity index (χ1) is 10.7. The van der Waals surface area contributed by atoms with Gasteiger partial charge < -0.3 is 9.84 Å². The lowest BCUT2D eigenvalue weighted by Gasteiger charge is -2.19. The Balaban J connectivity index is 2.25. The van der Waals surface area contributed by atoms with Crippen LogP contribution in [0.1, 0.15) is 31.3 Å². The number of rotatable bonds is 3. The average Bonchev–Trinajstić information content (AvgIpc) is 2.88. The molecule has 0 aliphatic carbocycles. The van der Waals surface area contributed by atoms with Crippen molar-refractivity contribution in [2.75, 3.05) is 5.32 Å². The van der Waals surface area contributed by atoms with Gasteiger partial charge in [-0.2, -0.15) is 5.10 Å². The van der Waals surface area contributed by atoms with Crippen LogP contribution in [0.5, 0.6) is 0 Å². The number of aromatic nitrogens is 2. The van der Waals surface area contributed by atoms with Crippen molar-refractivity contribution in [2.24, 2.45) is 0 Å². The van der Waals surface area contributed by atoms with Gasteiger partial charge in [0, 0.05) is 11.3 Å². The first-order valence-electron chi connectivity index (χ1n) is 6.74. The standard InChI is InChI=1S/C15H16FN3O4/c1-15(2,3)23-14(22)17-8-4-5-10(16)9(6-8)11-7-12(13(20)21)19-18-11/h4-7H,1-3H3,(H,17,22)(H,18,19)(H,20,21). The number of carbonyl (C=O) groups is 2. The lowest BCUT2D eigenvalue weighted by molar-refractivity contribution is 0.0634. The van der Waals surface area contributed by atoms with Gasteiger partial charge in [-0.25, -0.2) is 14.0 Å². The molecule has 1 heterocycles. The molecule has 3 N–H and O–H groups in total. The minimum atomic E-state index is -1.20. The van der Waals surface area contributed by atoms with Gasteiger partial charge in [0.1, 0.15) is 17.1 Å². The monoisotopic (exact) mass is 321 g/mol. The third-order valence-corrected chi connectivity index (χ3v) is 2.70. The fraction of sp³-hybridized carbons (Fsp3) is 0.267. The largest absolute Gasteiger partial charge is 0.477 e. The number of nitrogens with one attached hydrogen (secondary N) is 2. The number of carboxylic acids is 1. The molecule has 0 aliphatic heterocycles. The van der Waals surface area contributed by atoms with Crippen LogP contribution in [-0.2, 0) is 4.74 Å². The Morgan fingerprint density at radius 2 is 2.00 bits per heavy atom. The number of amides is 1. The van der Waals surface area contributed by atoms with E-state index in [1.165, 1.54) is 18.2 Å². The van der Waals surface area contributed by atoms with Crippen molar-refractivity contribution in [2.45, 2.75) is 26.4 Å². The quantitative estimate of drug-likeness (QED) is 0.805. The molecule has 2 rings (SSSR count). The zero-order chi connectivity index (χ0) is 17.2. The molecule has 7 nitrogen and oxygen atoms in total. The SMILES string of the molecule is CC(C)(C)OC(=O)Nc1ccc(F)c(-c2cc(C(=O)O)[nH]n2)c1. The van der Waals surface area contributed by atoms with Crippen LogP contribution in [0.25, 0.3) is 11.3 Å². The van der Waals surface area contributed by atoms with Crippen LogP contribution in [0.2, 0.25) is 0 Å². The first kappa shape index (κ1) is 16.5. The highest BCUT2D eigenvalue weighted by atomic mass is 19.1. The number of hydrogen-bond donors (Lipinski definition) is 3. The average molecular weight is 321 g/mol. The Hall–Kier alpha value is -2.90. The fourth-order valence-electron chi connectivity index (χ4n) is 1.79. The van der Waals surface area contributed by atoms with Crippen LogP contribution < -0.4 is 5.32 Å². The zero-order valence-corrected chi connectivity index (χ0v) is 12.8.